The fourth-order valence-corrected chi connectivity index (χ4v) is 0.708. The van der Waals surface area contributed by atoms with Crippen molar-refractivity contribution in [1.29, 1.82) is 0 Å². The maximum Gasteiger partial charge on any atom is 0.509 e. The van der Waals surface area contributed by atoms with E-state index in [1.165, 1.54) is 0 Å². The molecule has 0 saturated heterocycles. The molecule has 0 unspecified atom stereocenters. The predicted octanol–water partition coefficient (Wildman–Crippen LogP) is 0.121. The van der Waals surface area contributed by atoms with Crippen LogP contribution in [-0.4, -0.2) is 41.7 Å². The largest absolute Gasteiger partial charge is 0.509 e. The quantitative estimate of drug-likeness (QED) is 0.261. The number of hydrogen-bond donors (Lipinski definition) is 0. The summed E-state index contributed by atoms with van der Waals surface area (Å²) in [6.45, 7) is -1.48. The molecule has 12 heteroatoms. The molecule has 0 heterocycles. The van der Waals surface area contributed by atoms with Crippen molar-refractivity contribution < 1.29 is 34.1 Å². The maximum atomic E-state index is 10.8. The molecule has 98 valence electrons. The van der Waals surface area contributed by atoms with E-state index in [4.69, 9.17) is 11.6 Å². The number of halogens is 1. The molecule has 0 radical (unpaired) electrons. The summed E-state index contributed by atoms with van der Waals surface area (Å²) in [4.78, 5) is 38.2. The van der Waals surface area contributed by atoms with E-state index in [1.54, 1.807) is 0 Å². The summed E-state index contributed by atoms with van der Waals surface area (Å²) in [5, 5.41) is 17.4. The second-order valence-electron chi connectivity index (χ2n) is 2.28. The number of ether oxygens (including phenoxy) is 2. The van der Waals surface area contributed by atoms with Gasteiger partial charge in [-0.1, -0.05) is 11.6 Å². The van der Waals surface area contributed by atoms with Crippen molar-refractivity contribution in [2.24, 2.45) is 0 Å². The first kappa shape index (κ1) is 15.0. The van der Waals surface area contributed by atoms with Crippen molar-refractivity contribution in [3.63, 3.8) is 0 Å². The fraction of sp³-hybridized carbons (Fsp3) is 0.800. The van der Waals surface area contributed by atoms with Crippen molar-refractivity contribution in [1.82, 2.24) is 0 Å². The summed E-state index contributed by atoms with van der Waals surface area (Å²) in [5.41, 5.74) is 0. The van der Waals surface area contributed by atoms with E-state index < -0.39 is 41.7 Å². The van der Waals surface area contributed by atoms with E-state index in [9.17, 15) is 25.0 Å². The standard InChI is InChI=1S/C5H7ClN2O9/c6-3-14-5(9)17-4(1-15-7(10)11)2-16-8(12)13/h4H,1-3H2. The number of nitrogens with zero attached hydrogens (tertiary/aromatic N) is 2. The van der Waals surface area contributed by atoms with Crippen LogP contribution in [0.1, 0.15) is 0 Å². The summed E-state index contributed by atoms with van der Waals surface area (Å²) in [6, 6.07) is -0.502. The first-order valence-corrected chi connectivity index (χ1v) is 4.43. The number of alkyl halides is 1. The Kier molecular flexibility index (Phi) is 7.17. The molecule has 0 aliphatic rings. The van der Waals surface area contributed by atoms with Crippen LogP contribution in [0.5, 0.6) is 0 Å². The molecule has 0 amide bonds. The monoisotopic (exact) mass is 274 g/mol. The SMILES string of the molecule is O=C(OCCl)OC(CO[N+](=O)[O-])CO[N+](=O)[O-]. The van der Waals surface area contributed by atoms with Gasteiger partial charge in [-0.25, -0.2) is 4.79 Å². The normalized spacial score (nSPS) is 9.53. The molecular formula is C5H7ClN2O9. The van der Waals surface area contributed by atoms with Gasteiger partial charge in [0, 0.05) is 0 Å². The minimum absolute atomic E-state index is 0.502. The Balaban J connectivity index is 4.13. The van der Waals surface area contributed by atoms with Gasteiger partial charge in [0.2, 0.25) is 0 Å². The number of carbonyl (C=O) groups excluding carboxylic acids is 1. The molecule has 0 bridgehead atoms. The maximum absolute atomic E-state index is 10.8. The zero-order chi connectivity index (χ0) is 13.3. The van der Waals surface area contributed by atoms with E-state index in [-0.39, 0.29) is 0 Å². The van der Waals surface area contributed by atoms with Gasteiger partial charge >= 0.3 is 6.16 Å². The highest BCUT2D eigenvalue weighted by Gasteiger charge is 2.19. The van der Waals surface area contributed by atoms with Crippen LogP contribution in [0.2, 0.25) is 0 Å². The average molecular weight is 275 g/mol. The zero-order valence-electron chi connectivity index (χ0n) is 8.15. The van der Waals surface area contributed by atoms with Gasteiger partial charge in [0.15, 0.2) is 12.2 Å². The molecule has 0 aliphatic carbocycles. The second kappa shape index (κ2) is 8.15. The lowest BCUT2D eigenvalue weighted by atomic mass is 10.4. The fourth-order valence-electron chi connectivity index (χ4n) is 0.619. The molecule has 0 fully saturated rings. The number of carbonyl (C=O) groups is 1. The molecule has 17 heavy (non-hydrogen) atoms. The van der Waals surface area contributed by atoms with Crippen LogP contribution in [0.4, 0.5) is 4.79 Å². The molecule has 11 nitrogen and oxygen atoms in total. The highest BCUT2D eigenvalue weighted by Crippen LogP contribution is 1.99. The van der Waals surface area contributed by atoms with Crippen molar-refractivity contribution in [3.8, 4) is 0 Å². The highest BCUT2D eigenvalue weighted by atomic mass is 35.5. The van der Waals surface area contributed by atoms with E-state index in [1.807, 2.05) is 0 Å². The third kappa shape index (κ3) is 8.92. The van der Waals surface area contributed by atoms with Crippen LogP contribution < -0.4 is 0 Å². The third-order valence-corrected chi connectivity index (χ3v) is 1.28. The first-order chi connectivity index (χ1) is 7.95. The second-order valence-corrected chi connectivity index (χ2v) is 2.50. The lowest BCUT2D eigenvalue weighted by Crippen LogP contribution is -2.30. The predicted molar refractivity (Wildman–Crippen MR) is 48.0 cm³/mol. The summed E-state index contributed by atoms with van der Waals surface area (Å²) in [5.74, 6) is 0. The first-order valence-electron chi connectivity index (χ1n) is 3.89. The van der Waals surface area contributed by atoms with Gasteiger partial charge in [-0.2, -0.15) is 0 Å². The van der Waals surface area contributed by atoms with Crippen molar-refractivity contribution >= 4 is 17.8 Å². The molecule has 0 N–H and O–H groups in total. The summed E-state index contributed by atoms with van der Waals surface area (Å²) >= 11 is 5.03. The van der Waals surface area contributed by atoms with Gasteiger partial charge in [0.1, 0.15) is 13.2 Å². The summed E-state index contributed by atoms with van der Waals surface area (Å²) < 4.78 is 8.53. The van der Waals surface area contributed by atoms with Crippen molar-refractivity contribution in [2.75, 3.05) is 19.3 Å². The lowest BCUT2D eigenvalue weighted by Gasteiger charge is -2.14. The Morgan fingerprint density at radius 2 is 1.65 bits per heavy atom. The summed E-state index contributed by atoms with van der Waals surface area (Å²) in [7, 11) is 0. The van der Waals surface area contributed by atoms with Crippen LogP contribution in [0.25, 0.3) is 0 Å². The Hall–Kier alpha value is -2.04. The Morgan fingerprint density at radius 1 is 1.18 bits per heavy atom. The Labute approximate surface area is 98.3 Å². The van der Waals surface area contributed by atoms with Crippen molar-refractivity contribution in [2.45, 2.75) is 6.10 Å². The van der Waals surface area contributed by atoms with Gasteiger partial charge in [0.25, 0.3) is 10.2 Å². The molecular weight excluding hydrogens is 268 g/mol. The van der Waals surface area contributed by atoms with E-state index in [2.05, 4.69) is 19.1 Å². The Bertz CT molecular complexity index is 267. The van der Waals surface area contributed by atoms with Crippen molar-refractivity contribution in [3.05, 3.63) is 20.2 Å². The smallest absolute Gasteiger partial charge is 0.427 e. The number of rotatable bonds is 8. The molecule has 0 aromatic heterocycles. The summed E-state index contributed by atoms with van der Waals surface area (Å²) in [6.07, 6.45) is -2.63. The van der Waals surface area contributed by atoms with Crippen LogP contribution in [0.3, 0.4) is 0 Å². The van der Waals surface area contributed by atoms with Crippen LogP contribution in [0, 0.1) is 20.2 Å². The van der Waals surface area contributed by atoms with Gasteiger partial charge in [-0.05, 0) is 0 Å². The van der Waals surface area contributed by atoms with Gasteiger partial charge < -0.3 is 19.1 Å². The lowest BCUT2D eigenvalue weighted by molar-refractivity contribution is -0.768. The van der Waals surface area contributed by atoms with E-state index in [0.717, 1.165) is 0 Å². The van der Waals surface area contributed by atoms with Gasteiger partial charge in [-0.3, -0.25) is 0 Å². The molecule has 0 saturated carbocycles. The van der Waals surface area contributed by atoms with E-state index >= 15 is 0 Å². The third-order valence-electron chi connectivity index (χ3n) is 1.17. The molecule has 0 aromatic carbocycles. The number of hydrogen-bond acceptors (Lipinski definition) is 9. The average Bonchev–Trinajstić information content (AvgIpc) is 2.22. The molecule has 0 aromatic rings. The molecule has 0 spiro atoms. The van der Waals surface area contributed by atoms with E-state index in [0.29, 0.717) is 0 Å². The van der Waals surface area contributed by atoms with Crippen LogP contribution in [0.15, 0.2) is 0 Å². The van der Waals surface area contributed by atoms with Gasteiger partial charge in [0.05, 0.1) is 0 Å². The molecule has 0 atom stereocenters. The van der Waals surface area contributed by atoms with Crippen LogP contribution in [-0.2, 0) is 19.1 Å². The molecule has 0 aliphatic heterocycles. The molecule has 0 rings (SSSR count). The van der Waals surface area contributed by atoms with Gasteiger partial charge in [-0.15, -0.1) is 20.2 Å². The zero-order valence-corrected chi connectivity index (χ0v) is 8.90. The van der Waals surface area contributed by atoms with Crippen LogP contribution >= 0.6 is 11.6 Å². The minimum Gasteiger partial charge on any atom is -0.427 e. The highest BCUT2D eigenvalue weighted by molar-refractivity contribution is 6.17. The Morgan fingerprint density at radius 3 is 2.00 bits per heavy atom. The topological polar surface area (TPSA) is 140 Å². The minimum atomic E-state index is -1.37.